The van der Waals surface area contributed by atoms with Crippen molar-refractivity contribution < 1.29 is 5.11 Å². The van der Waals surface area contributed by atoms with Crippen LogP contribution in [0.4, 0.5) is 0 Å². The molecule has 0 aliphatic carbocycles. The van der Waals surface area contributed by atoms with Crippen LogP contribution in [0.2, 0.25) is 0 Å². The molecular formula is C16H21N3O. The summed E-state index contributed by atoms with van der Waals surface area (Å²) in [5.41, 5.74) is 1.79. The number of aliphatic hydroxyl groups is 1. The van der Waals surface area contributed by atoms with Gasteiger partial charge in [-0.3, -0.25) is 4.68 Å². The first-order chi connectivity index (χ1) is 9.73. The third-order valence-corrected chi connectivity index (χ3v) is 3.94. The van der Waals surface area contributed by atoms with Crippen LogP contribution in [0.25, 0.3) is 0 Å². The monoisotopic (exact) mass is 271 g/mol. The Hall–Kier alpha value is -1.65. The van der Waals surface area contributed by atoms with E-state index in [0.717, 1.165) is 38.0 Å². The van der Waals surface area contributed by atoms with Gasteiger partial charge < -0.3 is 10.4 Å². The lowest BCUT2D eigenvalue weighted by Gasteiger charge is -2.32. The number of hydrogen-bond donors (Lipinski definition) is 2. The molecule has 0 amide bonds. The van der Waals surface area contributed by atoms with Crippen molar-refractivity contribution in [1.82, 2.24) is 15.1 Å². The summed E-state index contributed by atoms with van der Waals surface area (Å²) in [6, 6.07) is 10.3. The fourth-order valence-corrected chi connectivity index (χ4v) is 2.80. The summed E-state index contributed by atoms with van der Waals surface area (Å²) in [6.45, 7) is 2.57. The number of benzene rings is 1. The lowest BCUT2D eigenvalue weighted by atomic mass is 9.87. The van der Waals surface area contributed by atoms with Crippen LogP contribution in [-0.2, 0) is 13.0 Å². The van der Waals surface area contributed by atoms with Crippen LogP contribution >= 0.6 is 0 Å². The highest BCUT2D eigenvalue weighted by molar-refractivity contribution is 5.16. The Bertz CT molecular complexity index is 544. The maximum absolute atomic E-state index is 10.5. The zero-order valence-electron chi connectivity index (χ0n) is 11.6. The van der Waals surface area contributed by atoms with Crippen LogP contribution in [0.15, 0.2) is 42.7 Å². The average Bonchev–Trinajstić information content (AvgIpc) is 2.87. The van der Waals surface area contributed by atoms with E-state index in [4.69, 9.17) is 0 Å². The highest BCUT2D eigenvalue weighted by Crippen LogP contribution is 2.23. The molecule has 0 unspecified atom stereocenters. The molecule has 1 fully saturated rings. The van der Waals surface area contributed by atoms with Gasteiger partial charge in [-0.1, -0.05) is 30.3 Å². The van der Waals surface area contributed by atoms with Crippen molar-refractivity contribution in [2.24, 2.45) is 0 Å². The molecule has 106 valence electrons. The van der Waals surface area contributed by atoms with Gasteiger partial charge >= 0.3 is 0 Å². The molecule has 1 saturated heterocycles. The van der Waals surface area contributed by atoms with Gasteiger partial charge in [-0.15, -0.1) is 0 Å². The van der Waals surface area contributed by atoms with Crippen molar-refractivity contribution in [3.63, 3.8) is 0 Å². The maximum atomic E-state index is 10.5. The molecule has 2 heterocycles. The third kappa shape index (κ3) is 3.26. The molecule has 0 radical (unpaired) electrons. The van der Waals surface area contributed by atoms with Gasteiger partial charge in [0, 0.05) is 12.6 Å². The topological polar surface area (TPSA) is 50.1 Å². The molecule has 4 nitrogen and oxygen atoms in total. The first-order valence-electron chi connectivity index (χ1n) is 7.22. The molecule has 20 heavy (non-hydrogen) atoms. The summed E-state index contributed by atoms with van der Waals surface area (Å²) in [5.74, 6) is 0. The summed E-state index contributed by atoms with van der Waals surface area (Å²) >= 11 is 0. The van der Waals surface area contributed by atoms with Crippen LogP contribution in [0.1, 0.15) is 24.0 Å². The highest BCUT2D eigenvalue weighted by Gasteiger charge is 2.29. The van der Waals surface area contributed by atoms with Gasteiger partial charge in [0.1, 0.15) is 0 Å². The van der Waals surface area contributed by atoms with Gasteiger partial charge in [0.2, 0.25) is 0 Å². The lowest BCUT2D eigenvalue weighted by molar-refractivity contribution is 0.0108. The largest absolute Gasteiger partial charge is 0.389 e. The minimum absolute atomic E-state index is 0.564. The number of nitrogens with zero attached hydrogens (tertiary/aromatic N) is 2. The van der Waals surface area contributed by atoms with Gasteiger partial charge in [0.15, 0.2) is 0 Å². The predicted molar refractivity (Wildman–Crippen MR) is 78.5 cm³/mol. The van der Waals surface area contributed by atoms with Gasteiger partial charge in [0.05, 0.1) is 18.3 Å². The van der Waals surface area contributed by atoms with Crippen molar-refractivity contribution >= 4 is 0 Å². The molecule has 1 aromatic carbocycles. The van der Waals surface area contributed by atoms with E-state index in [2.05, 4.69) is 22.5 Å². The maximum Gasteiger partial charge on any atom is 0.0713 e. The van der Waals surface area contributed by atoms with Crippen LogP contribution in [0.3, 0.4) is 0 Å². The minimum Gasteiger partial charge on any atom is -0.389 e. The Labute approximate surface area is 119 Å². The molecule has 1 aliphatic rings. The van der Waals surface area contributed by atoms with Crippen molar-refractivity contribution in [2.45, 2.75) is 31.4 Å². The second-order valence-corrected chi connectivity index (χ2v) is 5.68. The van der Waals surface area contributed by atoms with E-state index >= 15 is 0 Å². The Morgan fingerprint density at radius 2 is 1.90 bits per heavy atom. The molecule has 2 aromatic rings. The first-order valence-corrected chi connectivity index (χ1v) is 7.22. The van der Waals surface area contributed by atoms with E-state index in [-0.39, 0.29) is 0 Å². The SMILES string of the molecule is OC1(Cc2cnn(Cc3ccccc3)c2)CCNCC1. The second-order valence-electron chi connectivity index (χ2n) is 5.68. The van der Waals surface area contributed by atoms with Crippen molar-refractivity contribution in [2.75, 3.05) is 13.1 Å². The Morgan fingerprint density at radius 1 is 1.15 bits per heavy atom. The van der Waals surface area contributed by atoms with E-state index in [1.165, 1.54) is 5.56 Å². The van der Waals surface area contributed by atoms with E-state index < -0.39 is 5.60 Å². The molecular weight excluding hydrogens is 250 g/mol. The summed E-state index contributed by atoms with van der Waals surface area (Å²) < 4.78 is 1.94. The van der Waals surface area contributed by atoms with Gasteiger partial charge in [0.25, 0.3) is 0 Å². The minimum atomic E-state index is -0.564. The van der Waals surface area contributed by atoms with E-state index in [0.29, 0.717) is 6.42 Å². The smallest absolute Gasteiger partial charge is 0.0713 e. The molecule has 1 aliphatic heterocycles. The third-order valence-electron chi connectivity index (χ3n) is 3.94. The van der Waals surface area contributed by atoms with E-state index in [1.807, 2.05) is 35.3 Å². The zero-order chi connectivity index (χ0) is 13.8. The van der Waals surface area contributed by atoms with E-state index in [1.54, 1.807) is 0 Å². The summed E-state index contributed by atoms with van der Waals surface area (Å²) in [4.78, 5) is 0. The Balaban J connectivity index is 1.65. The van der Waals surface area contributed by atoms with Gasteiger partial charge in [-0.2, -0.15) is 5.10 Å². The summed E-state index contributed by atoms with van der Waals surface area (Å²) in [7, 11) is 0. The van der Waals surface area contributed by atoms with E-state index in [9.17, 15) is 5.11 Å². The number of piperidine rings is 1. The molecule has 0 saturated carbocycles. The van der Waals surface area contributed by atoms with Crippen LogP contribution in [0, 0.1) is 0 Å². The van der Waals surface area contributed by atoms with Crippen LogP contribution in [-0.4, -0.2) is 33.6 Å². The fourth-order valence-electron chi connectivity index (χ4n) is 2.80. The number of nitrogens with one attached hydrogen (secondary N) is 1. The molecule has 0 bridgehead atoms. The number of aromatic nitrogens is 2. The quantitative estimate of drug-likeness (QED) is 0.888. The number of hydrogen-bond acceptors (Lipinski definition) is 3. The Kier molecular flexibility index (Phi) is 3.85. The molecule has 0 atom stereocenters. The number of rotatable bonds is 4. The molecule has 2 N–H and O–H groups in total. The summed E-state index contributed by atoms with van der Waals surface area (Å²) in [5, 5.41) is 18.2. The normalized spacial score (nSPS) is 18.1. The predicted octanol–water partition coefficient (Wildman–Crippen LogP) is 1.59. The second kappa shape index (κ2) is 5.77. The molecule has 4 heteroatoms. The highest BCUT2D eigenvalue weighted by atomic mass is 16.3. The van der Waals surface area contributed by atoms with Crippen molar-refractivity contribution in [3.05, 3.63) is 53.9 Å². The fraction of sp³-hybridized carbons (Fsp3) is 0.438. The van der Waals surface area contributed by atoms with Gasteiger partial charge in [-0.05, 0) is 37.1 Å². The molecule has 1 aromatic heterocycles. The summed E-state index contributed by atoms with van der Waals surface area (Å²) in [6.07, 6.45) is 6.26. The van der Waals surface area contributed by atoms with Crippen LogP contribution < -0.4 is 5.32 Å². The standard InChI is InChI=1S/C16H21N3O/c20-16(6-8-17-9-7-16)10-15-11-18-19(13-15)12-14-4-2-1-3-5-14/h1-5,11,13,17,20H,6-10,12H2. The lowest BCUT2D eigenvalue weighted by Crippen LogP contribution is -2.43. The zero-order valence-corrected chi connectivity index (χ0v) is 11.6. The van der Waals surface area contributed by atoms with Gasteiger partial charge in [-0.25, -0.2) is 0 Å². The van der Waals surface area contributed by atoms with Crippen molar-refractivity contribution in [1.29, 1.82) is 0 Å². The molecule has 3 rings (SSSR count). The molecule has 0 spiro atoms. The first kappa shape index (κ1) is 13.3. The van der Waals surface area contributed by atoms with Crippen LogP contribution in [0.5, 0.6) is 0 Å². The van der Waals surface area contributed by atoms with Crippen molar-refractivity contribution in [3.8, 4) is 0 Å². The Morgan fingerprint density at radius 3 is 2.65 bits per heavy atom. The average molecular weight is 271 g/mol.